The number of aryl methyl sites for hydroxylation is 1. The summed E-state index contributed by atoms with van der Waals surface area (Å²) in [6.07, 6.45) is 0.916. The maximum absolute atomic E-state index is 12.2. The van der Waals surface area contributed by atoms with Crippen LogP contribution in [0.15, 0.2) is 48.5 Å². The summed E-state index contributed by atoms with van der Waals surface area (Å²) in [5, 5.41) is 0.526. The van der Waals surface area contributed by atoms with Gasteiger partial charge in [0, 0.05) is 11.1 Å². The fourth-order valence-electron chi connectivity index (χ4n) is 1.71. The van der Waals surface area contributed by atoms with Gasteiger partial charge in [0.1, 0.15) is 0 Å². The summed E-state index contributed by atoms with van der Waals surface area (Å²) in [5.41, 5.74) is 2.37. The zero-order chi connectivity index (χ0) is 12.3. The van der Waals surface area contributed by atoms with Gasteiger partial charge in [-0.25, -0.2) is 0 Å². The Balaban J connectivity index is 2.38. The van der Waals surface area contributed by atoms with Gasteiger partial charge in [-0.2, -0.15) is 0 Å². The third-order valence-corrected chi connectivity index (χ3v) is 3.04. The molecular weight excluding hydrogens is 232 g/mol. The lowest BCUT2D eigenvalue weighted by atomic mass is 10.0. The summed E-state index contributed by atoms with van der Waals surface area (Å²) in [6.45, 7) is 2.06. The van der Waals surface area contributed by atoms with Crippen molar-refractivity contribution in [3.8, 4) is 0 Å². The molecule has 0 spiro atoms. The summed E-state index contributed by atoms with van der Waals surface area (Å²) >= 11 is 6.13. The van der Waals surface area contributed by atoms with Gasteiger partial charge in [0.15, 0.2) is 5.78 Å². The number of hydrogen-bond acceptors (Lipinski definition) is 1. The van der Waals surface area contributed by atoms with Crippen molar-refractivity contribution in [2.75, 3.05) is 0 Å². The lowest BCUT2D eigenvalue weighted by Gasteiger charge is -2.05. The molecule has 1 nitrogen and oxygen atoms in total. The second kappa shape index (κ2) is 5.15. The molecular formula is C15H13ClO. The third kappa shape index (κ3) is 2.56. The van der Waals surface area contributed by atoms with Crippen LogP contribution in [0.1, 0.15) is 28.4 Å². The van der Waals surface area contributed by atoms with Crippen LogP contribution in [-0.2, 0) is 6.42 Å². The van der Waals surface area contributed by atoms with E-state index in [0.717, 1.165) is 12.0 Å². The van der Waals surface area contributed by atoms with Crippen LogP contribution in [0.2, 0.25) is 5.02 Å². The first kappa shape index (κ1) is 11.9. The van der Waals surface area contributed by atoms with Crippen LogP contribution in [0.4, 0.5) is 0 Å². The van der Waals surface area contributed by atoms with Crippen LogP contribution in [0.5, 0.6) is 0 Å². The van der Waals surface area contributed by atoms with E-state index in [1.165, 1.54) is 0 Å². The molecule has 0 atom stereocenters. The summed E-state index contributed by atoms with van der Waals surface area (Å²) in [6, 6.07) is 14.8. The minimum Gasteiger partial charge on any atom is -0.289 e. The van der Waals surface area contributed by atoms with Gasteiger partial charge in [-0.15, -0.1) is 0 Å². The summed E-state index contributed by atoms with van der Waals surface area (Å²) in [7, 11) is 0. The summed E-state index contributed by atoms with van der Waals surface area (Å²) in [5.74, 6) is -0.0294. The van der Waals surface area contributed by atoms with Gasteiger partial charge in [-0.1, -0.05) is 54.9 Å². The molecule has 17 heavy (non-hydrogen) atoms. The van der Waals surface area contributed by atoms with Crippen molar-refractivity contribution in [3.63, 3.8) is 0 Å². The Morgan fingerprint density at radius 1 is 1.12 bits per heavy atom. The molecule has 0 aliphatic rings. The van der Waals surface area contributed by atoms with Crippen molar-refractivity contribution >= 4 is 17.4 Å². The quantitative estimate of drug-likeness (QED) is 0.742. The van der Waals surface area contributed by atoms with E-state index in [0.29, 0.717) is 16.1 Å². The Kier molecular flexibility index (Phi) is 3.60. The second-order valence-corrected chi connectivity index (χ2v) is 4.27. The normalized spacial score (nSPS) is 10.2. The van der Waals surface area contributed by atoms with E-state index in [-0.39, 0.29) is 5.78 Å². The Labute approximate surface area is 106 Å². The topological polar surface area (TPSA) is 17.1 Å². The minimum atomic E-state index is -0.0294. The molecule has 0 saturated heterocycles. The molecule has 0 aliphatic heterocycles. The van der Waals surface area contributed by atoms with Gasteiger partial charge in [-0.05, 0) is 24.1 Å². The predicted molar refractivity (Wildman–Crippen MR) is 70.7 cm³/mol. The molecule has 0 fully saturated rings. The first-order valence-electron chi connectivity index (χ1n) is 5.60. The number of hydrogen-bond donors (Lipinski definition) is 0. The first-order chi connectivity index (χ1) is 8.22. The van der Waals surface area contributed by atoms with E-state index in [2.05, 4.69) is 6.92 Å². The van der Waals surface area contributed by atoms with Crippen molar-refractivity contribution in [1.82, 2.24) is 0 Å². The highest BCUT2D eigenvalue weighted by Crippen LogP contribution is 2.21. The first-order valence-corrected chi connectivity index (χ1v) is 5.98. The standard InChI is InChI=1S/C15H13ClO/c1-2-11-8-9-13(14(16)10-11)15(17)12-6-4-3-5-7-12/h3-10H,2H2,1H3. The minimum absolute atomic E-state index is 0.0294. The van der Waals surface area contributed by atoms with Crippen LogP contribution in [0.3, 0.4) is 0 Å². The molecule has 2 heteroatoms. The molecule has 86 valence electrons. The second-order valence-electron chi connectivity index (χ2n) is 3.86. The van der Waals surface area contributed by atoms with Gasteiger partial charge < -0.3 is 0 Å². The number of halogens is 1. The fraction of sp³-hybridized carbons (Fsp3) is 0.133. The molecule has 0 saturated carbocycles. The van der Waals surface area contributed by atoms with E-state index in [9.17, 15) is 4.79 Å². The zero-order valence-corrected chi connectivity index (χ0v) is 10.4. The SMILES string of the molecule is CCc1ccc(C(=O)c2ccccc2)c(Cl)c1. The smallest absolute Gasteiger partial charge is 0.194 e. The van der Waals surface area contributed by atoms with Gasteiger partial charge in [0.25, 0.3) is 0 Å². The van der Waals surface area contributed by atoms with Gasteiger partial charge in [0.2, 0.25) is 0 Å². The average Bonchev–Trinajstić information content (AvgIpc) is 2.39. The fourth-order valence-corrected chi connectivity index (χ4v) is 2.00. The molecule has 2 aromatic carbocycles. The molecule has 0 heterocycles. The maximum atomic E-state index is 12.2. The van der Waals surface area contributed by atoms with E-state index in [1.807, 2.05) is 30.3 Å². The molecule has 0 N–H and O–H groups in total. The van der Waals surface area contributed by atoms with Gasteiger partial charge >= 0.3 is 0 Å². The lowest BCUT2D eigenvalue weighted by molar-refractivity contribution is 0.103. The zero-order valence-electron chi connectivity index (χ0n) is 9.61. The van der Waals surface area contributed by atoms with Crippen LogP contribution >= 0.6 is 11.6 Å². The lowest BCUT2D eigenvalue weighted by Crippen LogP contribution is -2.02. The Hall–Kier alpha value is -1.60. The van der Waals surface area contributed by atoms with Gasteiger partial charge in [0.05, 0.1) is 5.02 Å². The number of benzene rings is 2. The highest BCUT2D eigenvalue weighted by molar-refractivity contribution is 6.35. The monoisotopic (exact) mass is 244 g/mol. The largest absolute Gasteiger partial charge is 0.289 e. The molecule has 0 radical (unpaired) electrons. The van der Waals surface area contributed by atoms with E-state index in [4.69, 9.17) is 11.6 Å². The van der Waals surface area contributed by atoms with Crippen molar-refractivity contribution in [2.24, 2.45) is 0 Å². The Morgan fingerprint density at radius 2 is 1.82 bits per heavy atom. The highest BCUT2D eigenvalue weighted by Gasteiger charge is 2.12. The highest BCUT2D eigenvalue weighted by atomic mass is 35.5. The molecule has 0 amide bonds. The molecule has 0 aliphatic carbocycles. The van der Waals surface area contributed by atoms with Crippen molar-refractivity contribution in [2.45, 2.75) is 13.3 Å². The summed E-state index contributed by atoms with van der Waals surface area (Å²) in [4.78, 5) is 12.2. The average molecular weight is 245 g/mol. The van der Waals surface area contributed by atoms with Crippen LogP contribution < -0.4 is 0 Å². The molecule has 2 aromatic rings. The van der Waals surface area contributed by atoms with Gasteiger partial charge in [-0.3, -0.25) is 4.79 Å². The number of carbonyl (C=O) groups is 1. The molecule has 0 unspecified atom stereocenters. The van der Waals surface area contributed by atoms with Crippen LogP contribution in [-0.4, -0.2) is 5.78 Å². The molecule has 2 rings (SSSR count). The maximum Gasteiger partial charge on any atom is 0.194 e. The Morgan fingerprint density at radius 3 is 2.41 bits per heavy atom. The molecule has 0 aromatic heterocycles. The van der Waals surface area contributed by atoms with E-state index < -0.39 is 0 Å². The number of ketones is 1. The van der Waals surface area contributed by atoms with E-state index >= 15 is 0 Å². The van der Waals surface area contributed by atoms with E-state index in [1.54, 1.807) is 18.2 Å². The van der Waals surface area contributed by atoms with Crippen molar-refractivity contribution in [3.05, 3.63) is 70.2 Å². The van der Waals surface area contributed by atoms with Crippen LogP contribution in [0.25, 0.3) is 0 Å². The summed E-state index contributed by atoms with van der Waals surface area (Å²) < 4.78 is 0. The van der Waals surface area contributed by atoms with Crippen molar-refractivity contribution in [1.29, 1.82) is 0 Å². The third-order valence-electron chi connectivity index (χ3n) is 2.72. The number of carbonyl (C=O) groups excluding carboxylic acids is 1. The molecule has 0 bridgehead atoms. The van der Waals surface area contributed by atoms with Crippen LogP contribution in [0, 0.1) is 0 Å². The Bertz CT molecular complexity index is 532. The number of rotatable bonds is 3. The predicted octanol–water partition coefficient (Wildman–Crippen LogP) is 4.13. The van der Waals surface area contributed by atoms with Crippen molar-refractivity contribution < 1.29 is 4.79 Å².